The van der Waals surface area contributed by atoms with Crippen molar-refractivity contribution in [1.82, 2.24) is 9.72 Å². The van der Waals surface area contributed by atoms with Gasteiger partial charge in [0.1, 0.15) is 17.1 Å². The molecule has 1 N–H and O–H groups in total. The third-order valence-electron chi connectivity index (χ3n) is 3.17. The molecule has 1 amide bonds. The molecule has 3 aromatic rings. The predicted molar refractivity (Wildman–Crippen MR) is 74.7 cm³/mol. The Morgan fingerprint density at radius 1 is 1.47 bits per heavy atom. The van der Waals surface area contributed by atoms with Gasteiger partial charge in [-0.15, -0.1) is 11.3 Å². The average Bonchev–Trinajstić information content (AvgIpc) is 3.03. The molecule has 0 spiro atoms. The number of carbonyl (C=O) groups is 1. The number of carbonyl (C=O) groups excluding carboxylic acids is 1. The molecule has 0 aromatic carbocycles. The third-order valence-corrected chi connectivity index (χ3v) is 4.02. The number of fused-ring (bicyclic) bond motifs is 1. The molecule has 5 nitrogen and oxygen atoms in total. The van der Waals surface area contributed by atoms with E-state index in [9.17, 15) is 4.79 Å². The van der Waals surface area contributed by atoms with Crippen molar-refractivity contribution in [2.45, 2.75) is 13.8 Å². The van der Waals surface area contributed by atoms with Gasteiger partial charge in [-0.05, 0) is 31.4 Å². The highest BCUT2D eigenvalue weighted by Gasteiger charge is 2.17. The topological polar surface area (TPSA) is 60.1 Å². The molecule has 0 aliphatic heterocycles. The minimum Gasteiger partial charge on any atom is -0.359 e. The Kier molecular flexibility index (Phi) is 2.67. The number of aryl methyl sites for hydroxylation is 3. The zero-order valence-electron chi connectivity index (χ0n) is 10.9. The second-order valence-electron chi connectivity index (χ2n) is 4.41. The van der Waals surface area contributed by atoms with Crippen LogP contribution in [0.15, 0.2) is 22.0 Å². The van der Waals surface area contributed by atoms with Crippen molar-refractivity contribution in [3.8, 4) is 0 Å². The molecule has 0 atom stereocenters. The molecule has 0 bridgehead atoms. The molecule has 0 radical (unpaired) electrons. The quantitative estimate of drug-likeness (QED) is 0.781. The summed E-state index contributed by atoms with van der Waals surface area (Å²) in [6.07, 6.45) is 0. The first-order valence-corrected chi connectivity index (χ1v) is 6.73. The van der Waals surface area contributed by atoms with Gasteiger partial charge in [0.15, 0.2) is 5.76 Å². The van der Waals surface area contributed by atoms with Crippen LogP contribution >= 0.6 is 11.3 Å². The lowest BCUT2D eigenvalue weighted by Crippen LogP contribution is -2.16. The van der Waals surface area contributed by atoms with Crippen LogP contribution in [-0.2, 0) is 7.05 Å². The first kappa shape index (κ1) is 12.0. The Bertz CT molecular complexity index is 747. The van der Waals surface area contributed by atoms with E-state index in [1.54, 1.807) is 25.2 Å². The SMILES string of the molecule is Cc1noc(C)c1NC(=O)c1cc2sccc2n1C. The summed E-state index contributed by atoms with van der Waals surface area (Å²) in [7, 11) is 1.89. The number of anilines is 1. The summed E-state index contributed by atoms with van der Waals surface area (Å²) in [6, 6.07) is 3.90. The summed E-state index contributed by atoms with van der Waals surface area (Å²) in [6.45, 7) is 3.58. The van der Waals surface area contributed by atoms with Crippen LogP contribution in [0.5, 0.6) is 0 Å². The second kappa shape index (κ2) is 4.24. The molecule has 3 aromatic heterocycles. The van der Waals surface area contributed by atoms with E-state index >= 15 is 0 Å². The molecule has 3 rings (SSSR count). The van der Waals surface area contributed by atoms with Crippen molar-refractivity contribution in [3.05, 3.63) is 34.7 Å². The first-order valence-electron chi connectivity index (χ1n) is 5.85. The smallest absolute Gasteiger partial charge is 0.272 e. The monoisotopic (exact) mass is 275 g/mol. The van der Waals surface area contributed by atoms with Crippen molar-refractivity contribution >= 4 is 33.1 Å². The van der Waals surface area contributed by atoms with E-state index < -0.39 is 0 Å². The Morgan fingerprint density at radius 3 is 2.89 bits per heavy atom. The number of amides is 1. The van der Waals surface area contributed by atoms with Crippen LogP contribution in [0.3, 0.4) is 0 Å². The zero-order valence-corrected chi connectivity index (χ0v) is 11.7. The molecule has 19 heavy (non-hydrogen) atoms. The Labute approximate surface area is 113 Å². The Balaban J connectivity index is 1.96. The lowest BCUT2D eigenvalue weighted by molar-refractivity contribution is 0.101. The first-order chi connectivity index (χ1) is 9.08. The molecule has 98 valence electrons. The fourth-order valence-corrected chi connectivity index (χ4v) is 2.96. The zero-order chi connectivity index (χ0) is 13.6. The Hall–Kier alpha value is -2.08. The van der Waals surface area contributed by atoms with E-state index in [0.29, 0.717) is 22.8 Å². The highest BCUT2D eigenvalue weighted by molar-refractivity contribution is 7.17. The van der Waals surface area contributed by atoms with Crippen LogP contribution in [-0.4, -0.2) is 15.6 Å². The lowest BCUT2D eigenvalue weighted by atomic mass is 10.3. The van der Waals surface area contributed by atoms with Gasteiger partial charge in [-0.2, -0.15) is 0 Å². The number of aromatic nitrogens is 2. The maximum Gasteiger partial charge on any atom is 0.272 e. The number of nitrogens with one attached hydrogen (secondary N) is 1. The summed E-state index contributed by atoms with van der Waals surface area (Å²) >= 11 is 1.62. The summed E-state index contributed by atoms with van der Waals surface area (Å²) in [4.78, 5) is 12.3. The molecule has 0 saturated heterocycles. The van der Waals surface area contributed by atoms with E-state index in [1.165, 1.54) is 0 Å². The van der Waals surface area contributed by atoms with Gasteiger partial charge < -0.3 is 14.4 Å². The van der Waals surface area contributed by atoms with Crippen molar-refractivity contribution in [3.63, 3.8) is 0 Å². The van der Waals surface area contributed by atoms with Crippen molar-refractivity contribution in [2.75, 3.05) is 5.32 Å². The van der Waals surface area contributed by atoms with Crippen LogP contribution in [0.4, 0.5) is 5.69 Å². The standard InChI is InChI=1S/C13H13N3O2S/c1-7-12(8(2)18-15-7)14-13(17)10-6-11-9(16(10)3)4-5-19-11/h4-6H,1-3H3,(H,14,17). The van der Waals surface area contributed by atoms with Gasteiger partial charge in [0, 0.05) is 7.05 Å². The van der Waals surface area contributed by atoms with Crippen LogP contribution < -0.4 is 5.32 Å². The van der Waals surface area contributed by atoms with Gasteiger partial charge in [-0.1, -0.05) is 5.16 Å². The van der Waals surface area contributed by atoms with E-state index in [1.807, 2.05) is 29.1 Å². The Morgan fingerprint density at radius 2 is 2.26 bits per heavy atom. The highest BCUT2D eigenvalue weighted by Crippen LogP contribution is 2.25. The molecule has 0 unspecified atom stereocenters. The van der Waals surface area contributed by atoms with E-state index in [4.69, 9.17) is 4.52 Å². The molecular formula is C13H13N3O2S. The molecule has 6 heteroatoms. The van der Waals surface area contributed by atoms with E-state index in [0.717, 1.165) is 10.2 Å². The highest BCUT2D eigenvalue weighted by atomic mass is 32.1. The second-order valence-corrected chi connectivity index (χ2v) is 5.36. The van der Waals surface area contributed by atoms with Crippen molar-refractivity contribution < 1.29 is 9.32 Å². The molecule has 0 saturated carbocycles. The van der Waals surface area contributed by atoms with E-state index in [-0.39, 0.29) is 5.91 Å². The molecule has 3 heterocycles. The molecule has 0 aliphatic rings. The fourth-order valence-electron chi connectivity index (χ4n) is 2.11. The van der Waals surface area contributed by atoms with Crippen molar-refractivity contribution in [2.24, 2.45) is 7.05 Å². The molecule has 0 aliphatic carbocycles. The number of rotatable bonds is 2. The maximum atomic E-state index is 12.3. The van der Waals surface area contributed by atoms with Crippen LogP contribution in [0.1, 0.15) is 21.9 Å². The number of hydrogen-bond acceptors (Lipinski definition) is 4. The van der Waals surface area contributed by atoms with Crippen LogP contribution in [0, 0.1) is 13.8 Å². The van der Waals surface area contributed by atoms with Gasteiger partial charge in [0.25, 0.3) is 5.91 Å². The van der Waals surface area contributed by atoms with Gasteiger partial charge in [-0.3, -0.25) is 4.79 Å². The van der Waals surface area contributed by atoms with Gasteiger partial charge >= 0.3 is 0 Å². The van der Waals surface area contributed by atoms with Gasteiger partial charge in [0.2, 0.25) is 0 Å². The maximum absolute atomic E-state index is 12.3. The number of hydrogen-bond donors (Lipinski definition) is 1. The van der Waals surface area contributed by atoms with Crippen molar-refractivity contribution in [1.29, 1.82) is 0 Å². The molecule has 0 fully saturated rings. The average molecular weight is 275 g/mol. The molecular weight excluding hydrogens is 262 g/mol. The van der Waals surface area contributed by atoms with Gasteiger partial charge in [0.05, 0.1) is 10.2 Å². The lowest BCUT2D eigenvalue weighted by Gasteiger charge is -2.05. The summed E-state index contributed by atoms with van der Waals surface area (Å²) in [5.74, 6) is 0.460. The summed E-state index contributed by atoms with van der Waals surface area (Å²) in [5.41, 5.74) is 3.02. The minimum atomic E-state index is -0.152. The third kappa shape index (κ3) is 1.84. The number of thiophene rings is 1. The summed E-state index contributed by atoms with van der Waals surface area (Å²) < 4.78 is 8.03. The van der Waals surface area contributed by atoms with Gasteiger partial charge in [-0.25, -0.2) is 0 Å². The van der Waals surface area contributed by atoms with E-state index in [2.05, 4.69) is 10.5 Å². The summed E-state index contributed by atoms with van der Waals surface area (Å²) in [5, 5.41) is 8.69. The normalized spacial score (nSPS) is 11.1. The fraction of sp³-hybridized carbons (Fsp3) is 0.231. The van der Waals surface area contributed by atoms with Crippen LogP contribution in [0.25, 0.3) is 10.2 Å². The number of nitrogens with zero attached hydrogens (tertiary/aromatic N) is 2. The predicted octanol–water partition coefficient (Wildman–Crippen LogP) is 3.10. The minimum absolute atomic E-state index is 0.152. The largest absolute Gasteiger partial charge is 0.359 e. The van der Waals surface area contributed by atoms with Crippen LogP contribution in [0.2, 0.25) is 0 Å².